The lowest BCUT2D eigenvalue weighted by Crippen LogP contribution is -2.40. The van der Waals surface area contributed by atoms with Gasteiger partial charge in [-0.3, -0.25) is 9.36 Å². The number of para-hydroxylation sites is 1. The van der Waals surface area contributed by atoms with E-state index in [4.69, 9.17) is 26.1 Å². The molecule has 0 fully saturated rings. The zero-order valence-corrected chi connectivity index (χ0v) is 28.2. The summed E-state index contributed by atoms with van der Waals surface area (Å²) in [5.41, 5.74) is 4.33. The minimum Gasteiger partial charge on any atom is -0.496 e. The number of allylic oxidation sites excluding steroid dienone is 1. The Morgan fingerprint density at radius 2 is 1.89 bits per heavy atom. The quantitative estimate of drug-likeness (QED) is 0.155. The number of methoxy groups -OCH3 is 1. The van der Waals surface area contributed by atoms with E-state index < -0.39 is 12.0 Å². The summed E-state index contributed by atoms with van der Waals surface area (Å²) in [6, 6.07) is 20.7. The van der Waals surface area contributed by atoms with Crippen LogP contribution in [0.3, 0.4) is 0 Å². The molecule has 2 aromatic heterocycles. The molecule has 230 valence electrons. The number of hydrogen-bond donors (Lipinski definition) is 0. The van der Waals surface area contributed by atoms with E-state index >= 15 is 0 Å². The third-order valence-electron chi connectivity index (χ3n) is 7.78. The van der Waals surface area contributed by atoms with Gasteiger partial charge in [-0.1, -0.05) is 88.6 Å². The molecular weight excluding hydrogens is 674 g/mol. The van der Waals surface area contributed by atoms with E-state index in [1.54, 1.807) is 18.6 Å². The first kappa shape index (κ1) is 31.1. The van der Waals surface area contributed by atoms with Crippen molar-refractivity contribution in [1.29, 1.82) is 0 Å². The van der Waals surface area contributed by atoms with Crippen molar-refractivity contribution in [2.75, 3.05) is 13.7 Å². The molecule has 0 radical (unpaired) electrons. The van der Waals surface area contributed by atoms with Crippen LogP contribution in [-0.2, 0) is 16.1 Å². The number of benzene rings is 3. The van der Waals surface area contributed by atoms with Crippen LogP contribution in [0.1, 0.15) is 49.4 Å². The molecule has 1 aliphatic rings. The first-order valence-corrected chi connectivity index (χ1v) is 16.7. The fourth-order valence-electron chi connectivity index (χ4n) is 5.81. The normalized spacial score (nSPS) is 14.9. The highest BCUT2D eigenvalue weighted by atomic mass is 79.9. The van der Waals surface area contributed by atoms with Crippen molar-refractivity contribution < 1.29 is 14.3 Å². The lowest BCUT2D eigenvalue weighted by atomic mass is 9.93. The standard InChI is InChI=1S/C35H31BrClN3O4S/c1-4-10-27-31(34(42)44-5-2)32(25-18-23(36)15-16-29(25)43-3)40-33(41)30(45-35(40)38-27)17-22-20-39(28-14-9-7-12-24(22)28)19-21-11-6-8-13-26(21)37/h6-9,11-18,20,32H,4-5,10,19H2,1-3H3/b30-17+/t32-/m1/s1. The summed E-state index contributed by atoms with van der Waals surface area (Å²) < 4.78 is 16.3. The number of nitrogens with zero attached hydrogens (tertiary/aromatic N) is 3. The molecule has 0 saturated carbocycles. The Bertz CT molecular complexity index is 2150. The van der Waals surface area contributed by atoms with E-state index in [1.165, 1.54) is 11.3 Å². The number of aromatic nitrogens is 2. The van der Waals surface area contributed by atoms with Crippen molar-refractivity contribution >= 4 is 61.8 Å². The van der Waals surface area contributed by atoms with Crippen molar-refractivity contribution in [3.8, 4) is 5.75 Å². The summed E-state index contributed by atoms with van der Waals surface area (Å²) in [7, 11) is 1.58. The van der Waals surface area contributed by atoms with Gasteiger partial charge < -0.3 is 14.0 Å². The van der Waals surface area contributed by atoms with Gasteiger partial charge in [-0.15, -0.1) is 0 Å². The maximum Gasteiger partial charge on any atom is 0.338 e. The number of fused-ring (bicyclic) bond motifs is 2. The van der Waals surface area contributed by atoms with Crippen LogP contribution in [0.4, 0.5) is 0 Å². The van der Waals surface area contributed by atoms with Gasteiger partial charge in [-0.2, -0.15) is 0 Å². The molecule has 0 bridgehead atoms. The molecular formula is C35H31BrClN3O4S. The number of hydrogen-bond acceptors (Lipinski definition) is 6. The van der Waals surface area contributed by atoms with Gasteiger partial charge >= 0.3 is 5.97 Å². The lowest BCUT2D eigenvalue weighted by molar-refractivity contribution is -0.139. The number of carbonyl (C=O) groups is 1. The molecule has 3 heterocycles. The number of ether oxygens (including phenoxy) is 2. The van der Waals surface area contributed by atoms with Gasteiger partial charge in [0, 0.05) is 44.3 Å². The molecule has 0 spiro atoms. The number of halogens is 2. The summed E-state index contributed by atoms with van der Waals surface area (Å²) in [4.78, 5) is 33.4. The SMILES string of the molecule is CCCC1=C(C(=O)OCC)[C@@H](c2cc(Br)ccc2OC)n2c(s/c(=C/c3cn(Cc4ccccc4Cl)c4ccccc34)c2=O)=N1. The van der Waals surface area contributed by atoms with Crippen LogP contribution in [0.25, 0.3) is 17.0 Å². The van der Waals surface area contributed by atoms with Gasteiger partial charge in [0.1, 0.15) is 11.8 Å². The maximum atomic E-state index is 14.4. The molecule has 0 amide bonds. The maximum absolute atomic E-state index is 14.4. The van der Waals surface area contributed by atoms with Gasteiger partial charge in [0.05, 0.1) is 29.5 Å². The van der Waals surface area contributed by atoms with E-state index in [1.807, 2.05) is 73.8 Å². The molecule has 3 aromatic carbocycles. The molecule has 5 aromatic rings. The van der Waals surface area contributed by atoms with E-state index in [9.17, 15) is 9.59 Å². The minimum absolute atomic E-state index is 0.201. The summed E-state index contributed by atoms with van der Waals surface area (Å²) in [6.45, 7) is 4.59. The van der Waals surface area contributed by atoms with Crippen LogP contribution < -0.4 is 19.6 Å². The van der Waals surface area contributed by atoms with Crippen molar-refractivity contribution in [2.24, 2.45) is 4.99 Å². The molecule has 7 nitrogen and oxygen atoms in total. The molecule has 1 atom stereocenters. The fourth-order valence-corrected chi connectivity index (χ4v) is 7.39. The van der Waals surface area contributed by atoms with Crippen molar-refractivity contribution in [3.05, 3.63) is 130 Å². The zero-order valence-electron chi connectivity index (χ0n) is 25.1. The Kier molecular flexibility index (Phi) is 9.12. The van der Waals surface area contributed by atoms with Crippen LogP contribution in [0, 0.1) is 0 Å². The largest absolute Gasteiger partial charge is 0.496 e. The molecule has 6 rings (SSSR count). The van der Waals surface area contributed by atoms with Crippen LogP contribution in [-0.4, -0.2) is 28.8 Å². The van der Waals surface area contributed by atoms with E-state index in [0.29, 0.717) is 49.9 Å². The lowest BCUT2D eigenvalue weighted by Gasteiger charge is -2.27. The smallest absolute Gasteiger partial charge is 0.338 e. The number of esters is 1. The Labute approximate surface area is 277 Å². The molecule has 45 heavy (non-hydrogen) atoms. The van der Waals surface area contributed by atoms with Gasteiger partial charge in [0.15, 0.2) is 4.80 Å². The van der Waals surface area contributed by atoms with Crippen molar-refractivity contribution in [2.45, 2.75) is 39.3 Å². The topological polar surface area (TPSA) is 74.8 Å². The summed E-state index contributed by atoms with van der Waals surface area (Å²) >= 11 is 11.4. The van der Waals surface area contributed by atoms with Crippen LogP contribution in [0.2, 0.25) is 5.02 Å². The highest BCUT2D eigenvalue weighted by molar-refractivity contribution is 9.10. The van der Waals surface area contributed by atoms with Crippen molar-refractivity contribution in [3.63, 3.8) is 0 Å². The fraction of sp³-hybridized carbons (Fsp3) is 0.229. The molecule has 0 saturated heterocycles. The second-order valence-electron chi connectivity index (χ2n) is 10.6. The molecule has 0 aliphatic carbocycles. The van der Waals surface area contributed by atoms with Crippen LogP contribution in [0.15, 0.2) is 98.5 Å². The van der Waals surface area contributed by atoms with Crippen LogP contribution in [0.5, 0.6) is 5.75 Å². The van der Waals surface area contributed by atoms with Gasteiger partial charge in [0.2, 0.25) is 0 Å². The number of rotatable bonds is 9. The third-order valence-corrected chi connectivity index (χ3v) is 9.63. The molecule has 1 aliphatic heterocycles. The van der Waals surface area contributed by atoms with E-state index in [2.05, 4.69) is 32.6 Å². The average molecular weight is 705 g/mol. The summed E-state index contributed by atoms with van der Waals surface area (Å²) in [5.74, 6) is 0.0635. The third kappa shape index (κ3) is 5.92. The Morgan fingerprint density at radius 1 is 1.11 bits per heavy atom. The Morgan fingerprint density at radius 3 is 2.64 bits per heavy atom. The Hall–Kier alpha value is -3.92. The van der Waals surface area contributed by atoms with Gasteiger partial charge in [-0.25, -0.2) is 9.79 Å². The molecule has 0 unspecified atom stereocenters. The minimum atomic E-state index is -0.780. The molecule has 10 heteroatoms. The van der Waals surface area contributed by atoms with Crippen molar-refractivity contribution in [1.82, 2.24) is 9.13 Å². The van der Waals surface area contributed by atoms with Gasteiger partial charge in [-0.05, 0) is 55.3 Å². The molecule has 0 N–H and O–H groups in total. The highest BCUT2D eigenvalue weighted by Gasteiger charge is 2.36. The first-order chi connectivity index (χ1) is 21.8. The van der Waals surface area contributed by atoms with E-state index in [-0.39, 0.29) is 12.2 Å². The number of carbonyl (C=O) groups excluding carboxylic acids is 1. The monoisotopic (exact) mass is 703 g/mol. The second kappa shape index (κ2) is 13.2. The predicted octanol–water partition coefficient (Wildman–Crippen LogP) is 7.01. The zero-order chi connectivity index (χ0) is 31.7. The van der Waals surface area contributed by atoms with Gasteiger partial charge in [0.25, 0.3) is 5.56 Å². The number of thiazole rings is 1. The Balaban J connectivity index is 1.58. The first-order valence-electron chi connectivity index (χ1n) is 14.7. The highest BCUT2D eigenvalue weighted by Crippen LogP contribution is 2.38. The predicted molar refractivity (Wildman–Crippen MR) is 183 cm³/mol. The second-order valence-corrected chi connectivity index (χ2v) is 13.0. The summed E-state index contributed by atoms with van der Waals surface area (Å²) in [5, 5.41) is 1.72. The van der Waals surface area contributed by atoms with Crippen LogP contribution >= 0.6 is 38.9 Å². The van der Waals surface area contributed by atoms with E-state index in [0.717, 1.165) is 32.9 Å². The summed E-state index contributed by atoms with van der Waals surface area (Å²) in [6.07, 6.45) is 5.29. The average Bonchev–Trinajstić information content (AvgIpc) is 3.54.